The molecule has 0 saturated carbocycles. The third-order valence-electron chi connectivity index (χ3n) is 3.51. The molecule has 0 radical (unpaired) electrons. The van der Waals surface area contributed by atoms with Crippen molar-refractivity contribution < 1.29 is 9.84 Å². The van der Waals surface area contributed by atoms with Crippen LogP contribution in [0.15, 0.2) is 36.4 Å². The Kier molecular flexibility index (Phi) is 5.23. The van der Waals surface area contributed by atoms with Gasteiger partial charge in [-0.05, 0) is 43.5 Å². The van der Waals surface area contributed by atoms with Gasteiger partial charge in [0, 0.05) is 24.4 Å². The summed E-state index contributed by atoms with van der Waals surface area (Å²) in [6.07, 6.45) is 0. The fourth-order valence-corrected chi connectivity index (χ4v) is 2.38. The van der Waals surface area contributed by atoms with E-state index in [2.05, 4.69) is 17.4 Å². The number of phenols is 1. The molecule has 0 fully saturated rings. The van der Waals surface area contributed by atoms with Crippen LogP contribution in [0.4, 0.5) is 5.69 Å². The fourth-order valence-electron chi connectivity index (χ4n) is 2.38. The van der Waals surface area contributed by atoms with Crippen molar-refractivity contribution in [2.75, 3.05) is 11.9 Å². The molecular formula is C18H23NO2. The van der Waals surface area contributed by atoms with Crippen LogP contribution in [0.1, 0.15) is 29.2 Å². The van der Waals surface area contributed by atoms with E-state index in [1.165, 1.54) is 0 Å². The predicted octanol–water partition coefficient (Wildman–Crippen LogP) is 4.16. The first-order valence-corrected chi connectivity index (χ1v) is 7.30. The van der Waals surface area contributed by atoms with Crippen LogP contribution in [0, 0.1) is 13.8 Å². The van der Waals surface area contributed by atoms with Crippen molar-refractivity contribution in [1.29, 1.82) is 0 Å². The van der Waals surface area contributed by atoms with E-state index < -0.39 is 0 Å². The minimum atomic E-state index is 0.385. The molecule has 0 unspecified atom stereocenters. The molecule has 112 valence electrons. The van der Waals surface area contributed by atoms with Gasteiger partial charge in [-0.25, -0.2) is 0 Å². The molecule has 2 N–H and O–H groups in total. The minimum absolute atomic E-state index is 0.385. The Balaban J connectivity index is 2.09. The lowest BCUT2D eigenvalue weighted by atomic mass is 10.1. The summed E-state index contributed by atoms with van der Waals surface area (Å²) in [4.78, 5) is 0. The molecule has 21 heavy (non-hydrogen) atoms. The summed E-state index contributed by atoms with van der Waals surface area (Å²) >= 11 is 0. The molecule has 0 heterocycles. The third kappa shape index (κ3) is 3.99. The molecule has 0 aliphatic heterocycles. The van der Waals surface area contributed by atoms with Gasteiger partial charge in [-0.15, -0.1) is 0 Å². The molecule has 3 heteroatoms. The number of anilines is 1. The van der Waals surface area contributed by atoms with Gasteiger partial charge in [0.05, 0.1) is 6.61 Å². The molecule has 2 rings (SSSR count). The first kappa shape index (κ1) is 15.4. The molecule has 0 aromatic heterocycles. The Morgan fingerprint density at radius 2 is 1.76 bits per heavy atom. The van der Waals surface area contributed by atoms with Crippen LogP contribution < -0.4 is 5.32 Å². The average molecular weight is 285 g/mol. The molecular weight excluding hydrogens is 262 g/mol. The quantitative estimate of drug-likeness (QED) is 0.837. The summed E-state index contributed by atoms with van der Waals surface area (Å²) in [7, 11) is 0. The lowest BCUT2D eigenvalue weighted by molar-refractivity contribution is 0.134. The van der Waals surface area contributed by atoms with E-state index in [1.54, 1.807) is 0 Å². The smallest absolute Gasteiger partial charge is 0.121 e. The molecule has 0 saturated heterocycles. The number of para-hydroxylation sites is 1. The number of benzene rings is 2. The van der Waals surface area contributed by atoms with Gasteiger partial charge in [0.2, 0.25) is 0 Å². The highest BCUT2D eigenvalue weighted by Gasteiger charge is 2.05. The van der Waals surface area contributed by atoms with Crippen molar-refractivity contribution in [2.45, 2.75) is 33.9 Å². The van der Waals surface area contributed by atoms with Crippen LogP contribution in [0.2, 0.25) is 0 Å². The van der Waals surface area contributed by atoms with Gasteiger partial charge in [0.25, 0.3) is 0 Å². The largest absolute Gasteiger partial charge is 0.507 e. The number of rotatable bonds is 6. The van der Waals surface area contributed by atoms with Gasteiger partial charge in [-0.3, -0.25) is 0 Å². The zero-order chi connectivity index (χ0) is 15.2. The normalized spacial score (nSPS) is 10.6. The van der Waals surface area contributed by atoms with Crippen molar-refractivity contribution in [3.8, 4) is 5.75 Å². The highest BCUT2D eigenvalue weighted by molar-refractivity contribution is 5.52. The van der Waals surface area contributed by atoms with Gasteiger partial charge >= 0.3 is 0 Å². The summed E-state index contributed by atoms with van der Waals surface area (Å²) in [6, 6.07) is 12.2. The standard InChI is InChI=1S/C18H23NO2/c1-4-21-12-16-7-5-6-8-17(16)19-11-15-9-13(2)18(20)14(3)10-15/h5-10,19-20H,4,11-12H2,1-3H3. The maximum atomic E-state index is 9.82. The van der Waals surface area contributed by atoms with E-state index in [9.17, 15) is 5.11 Å². The molecule has 0 atom stereocenters. The second-order valence-electron chi connectivity index (χ2n) is 5.23. The summed E-state index contributed by atoms with van der Waals surface area (Å²) in [5.74, 6) is 0.385. The fraction of sp³-hybridized carbons (Fsp3) is 0.333. The molecule has 2 aromatic carbocycles. The highest BCUT2D eigenvalue weighted by Crippen LogP contribution is 2.24. The van der Waals surface area contributed by atoms with Crippen LogP contribution in [0.5, 0.6) is 5.75 Å². The van der Waals surface area contributed by atoms with E-state index >= 15 is 0 Å². The SMILES string of the molecule is CCOCc1ccccc1NCc1cc(C)c(O)c(C)c1. The molecule has 0 amide bonds. The first-order valence-electron chi connectivity index (χ1n) is 7.30. The highest BCUT2D eigenvalue weighted by atomic mass is 16.5. The van der Waals surface area contributed by atoms with Crippen LogP contribution in [0.25, 0.3) is 0 Å². The van der Waals surface area contributed by atoms with Crippen LogP contribution >= 0.6 is 0 Å². The van der Waals surface area contributed by atoms with E-state index in [0.717, 1.165) is 34.5 Å². The number of hydrogen-bond donors (Lipinski definition) is 2. The van der Waals surface area contributed by atoms with Gasteiger partial charge in [-0.2, -0.15) is 0 Å². The lowest BCUT2D eigenvalue weighted by Crippen LogP contribution is -2.04. The zero-order valence-electron chi connectivity index (χ0n) is 12.9. The average Bonchev–Trinajstić information content (AvgIpc) is 2.49. The van der Waals surface area contributed by atoms with E-state index in [1.807, 2.05) is 45.0 Å². The van der Waals surface area contributed by atoms with Crippen molar-refractivity contribution in [3.63, 3.8) is 0 Å². The number of ether oxygens (including phenoxy) is 1. The van der Waals surface area contributed by atoms with Crippen molar-refractivity contribution >= 4 is 5.69 Å². The maximum absolute atomic E-state index is 9.82. The second-order valence-corrected chi connectivity index (χ2v) is 5.23. The van der Waals surface area contributed by atoms with Crippen LogP contribution in [-0.2, 0) is 17.9 Å². The number of hydrogen-bond acceptors (Lipinski definition) is 3. The van der Waals surface area contributed by atoms with Crippen molar-refractivity contribution in [3.05, 3.63) is 58.7 Å². The van der Waals surface area contributed by atoms with Gasteiger partial charge < -0.3 is 15.2 Å². The Hall–Kier alpha value is -2.00. The Morgan fingerprint density at radius 1 is 1.10 bits per heavy atom. The topological polar surface area (TPSA) is 41.5 Å². The first-order chi connectivity index (χ1) is 10.1. The summed E-state index contributed by atoms with van der Waals surface area (Å²) in [5, 5.41) is 13.3. The zero-order valence-corrected chi connectivity index (χ0v) is 12.9. The lowest BCUT2D eigenvalue weighted by Gasteiger charge is -2.13. The Labute approximate surface area is 126 Å². The summed E-state index contributed by atoms with van der Waals surface area (Å²) in [6.45, 7) is 7.91. The van der Waals surface area contributed by atoms with E-state index in [0.29, 0.717) is 19.0 Å². The predicted molar refractivity (Wildman–Crippen MR) is 86.7 cm³/mol. The number of nitrogens with one attached hydrogen (secondary N) is 1. The number of phenolic OH excluding ortho intramolecular Hbond substituents is 1. The van der Waals surface area contributed by atoms with Gasteiger partial charge in [-0.1, -0.05) is 30.3 Å². The second kappa shape index (κ2) is 7.14. The van der Waals surface area contributed by atoms with Crippen molar-refractivity contribution in [2.24, 2.45) is 0 Å². The van der Waals surface area contributed by atoms with E-state index in [-0.39, 0.29) is 0 Å². The molecule has 2 aromatic rings. The van der Waals surface area contributed by atoms with Gasteiger partial charge in [0.15, 0.2) is 0 Å². The number of aromatic hydroxyl groups is 1. The molecule has 0 aliphatic rings. The molecule has 0 aliphatic carbocycles. The Bertz CT molecular complexity index is 585. The van der Waals surface area contributed by atoms with Crippen molar-refractivity contribution in [1.82, 2.24) is 0 Å². The maximum Gasteiger partial charge on any atom is 0.121 e. The van der Waals surface area contributed by atoms with E-state index in [4.69, 9.17) is 4.74 Å². The van der Waals surface area contributed by atoms with Crippen LogP contribution in [-0.4, -0.2) is 11.7 Å². The molecule has 3 nitrogen and oxygen atoms in total. The minimum Gasteiger partial charge on any atom is -0.507 e. The summed E-state index contributed by atoms with van der Waals surface area (Å²) in [5.41, 5.74) is 5.23. The molecule has 0 spiro atoms. The summed E-state index contributed by atoms with van der Waals surface area (Å²) < 4.78 is 5.49. The number of aryl methyl sites for hydroxylation is 2. The van der Waals surface area contributed by atoms with Crippen LogP contribution in [0.3, 0.4) is 0 Å². The monoisotopic (exact) mass is 285 g/mol. The molecule has 0 bridgehead atoms. The van der Waals surface area contributed by atoms with Gasteiger partial charge in [0.1, 0.15) is 5.75 Å². The Morgan fingerprint density at radius 3 is 2.43 bits per heavy atom. The third-order valence-corrected chi connectivity index (χ3v) is 3.51.